The van der Waals surface area contributed by atoms with Gasteiger partial charge >= 0.3 is 0 Å². The van der Waals surface area contributed by atoms with Crippen molar-refractivity contribution in [2.24, 2.45) is 4.99 Å². The number of carbonyl (C=O) groups is 1. The van der Waals surface area contributed by atoms with Crippen LogP contribution in [0.5, 0.6) is 17.2 Å². The second kappa shape index (κ2) is 11.0. The minimum absolute atomic E-state index is 0.0939. The SMILES string of the molecule is COc1cc(N=c2oc3c4c5c(cc3cc2C(=O)Nc2ccc(F)c(Cl)c2)CCCN5CCC4)cc(OC)c1OC. The summed E-state index contributed by atoms with van der Waals surface area (Å²) >= 11 is 5.96. The Bertz CT molecular complexity index is 1730. The first-order chi connectivity index (χ1) is 19.9. The second-order valence-corrected chi connectivity index (χ2v) is 10.4. The van der Waals surface area contributed by atoms with E-state index in [-0.39, 0.29) is 16.1 Å². The maximum absolute atomic E-state index is 13.8. The highest BCUT2D eigenvalue weighted by atomic mass is 35.5. The Kier molecular flexibility index (Phi) is 7.21. The zero-order valence-corrected chi connectivity index (χ0v) is 23.7. The number of carbonyl (C=O) groups excluding carboxylic acids is 1. The maximum Gasteiger partial charge on any atom is 0.261 e. The average molecular weight is 578 g/mol. The number of hydrogen-bond donors (Lipinski definition) is 1. The molecule has 3 heterocycles. The van der Waals surface area contributed by atoms with Crippen LogP contribution in [0.3, 0.4) is 0 Å². The number of halogens is 2. The molecular formula is C31H29ClFN3O5. The molecule has 41 heavy (non-hydrogen) atoms. The summed E-state index contributed by atoms with van der Waals surface area (Å²) in [6.45, 7) is 2.05. The van der Waals surface area contributed by atoms with E-state index in [2.05, 4.69) is 16.3 Å². The van der Waals surface area contributed by atoms with Gasteiger partial charge in [0.15, 0.2) is 11.5 Å². The van der Waals surface area contributed by atoms with Crippen LogP contribution >= 0.6 is 11.6 Å². The van der Waals surface area contributed by atoms with Crippen molar-refractivity contribution >= 4 is 45.5 Å². The maximum atomic E-state index is 13.8. The summed E-state index contributed by atoms with van der Waals surface area (Å²) in [5, 5.41) is 3.54. The molecule has 2 aliphatic heterocycles. The van der Waals surface area contributed by atoms with Gasteiger partial charge in [-0.05, 0) is 61.6 Å². The van der Waals surface area contributed by atoms with Crippen molar-refractivity contribution in [3.05, 3.63) is 75.5 Å². The molecule has 8 nitrogen and oxygen atoms in total. The Balaban J connectivity index is 1.57. The zero-order chi connectivity index (χ0) is 28.7. The van der Waals surface area contributed by atoms with E-state index in [9.17, 15) is 9.18 Å². The summed E-state index contributed by atoms with van der Waals surface area (Å²) < 4.78 is 36.7. The third-order valence-corrected chi connectivity index (χ3v) is 7.82. The lowest BCUT2D eigenvalue weighted by atomic mass is 9.90. The second-order valence-electron chi connectivity index (χ2n) is 10.0. The van der Waals surface area contributed by atoms with Crippen LogP contribution in [0.15, 0.2) is 51.9 Å². The largest absolute Gasteiger partial charge is 0.493 e. The third kappa shape index (κ3) is 4.95. The molecule has 0 atom stereocenters. The Morgan fingerprint density at radius 2 is 1.73 bits per heavy atom. The van der Waals surface area contributed by atoms with Gasteiger partial charge in [-0.3, -0.25) is 4.79 Å². The lowest BCUT2D eigenvalue weighted by Crippen LogP contribution is -2.34. The van der Waals surface area contributed by atoms with E-state index in [1.807, 2.05) is 0 Å². The minimum Gasteiger partial charge on any atom is -0.493 e. The number of hydrogen-bond acceptors (Lipinski definition) is 7. The number of anilines is 2. The molecular weight excluding hydrogens is 549 g/mol. The molecule has 1 aromatic heterocycles. The van der Waals surface area contributed by atoms with Crippen molar-refractivity contribution in [2.45, 2.75) is 25.7 Å². The molecule has 3 aromatic carbocycles. The summed E-state index contributed by atoms with van der Waals surface area (Å²) in [5.41, 5.74) is 5.47. The number of nitrogens with one attached hydrogen (secondary N) is 1. The van der Waals surface area contributed by atoms with Gasteiger partial charge in [0.05, 0.1) is 32.0 Å². The number of fused-ring (bicyclic) bond motifs is 2. The predicted molar refractivity (Wildman–Crippen MR) is 156 cm³/mol. The van der Waals surface area contributed by atoms with Crippen LogP contribution in [0.4, 0.5) is 21.5 Å². The number of aryl methyl sites for hydroxylation is 2. The lowest BCUT2D eigenvalue weighted by molar-refractivity contribution is 0.102. The van der Waals surface area contributed by atoms with Gasteiger partial charge in [0.25, 0.3) is 5.91 Å². The molecule has 0 saturated heterocycles. The molecule has 4 aromatic rings. The summed E-state index contributed by atoms with van der Waals surface area (Å²) in [7, 11) is 4.57. The van der Waals surface area contributed by atoms with Gasteiger partial charge in [0.2, 0.25) is 11.3 Å². The summed E-state index contributed by atoms with van der Waals surface area (Å²) in [5.74, 6) is 0.205. The fourth-order valence-electron chi connectivity index (χ4n) is 5.72. The molecule has 1 N–H and O–H groups in total. The van der Waals surface area contributed by atoms with E-state index in [0.717, 1.165) is 49.7 Å². The number of nitrogens with zero attached hydrogens (tertiary/aromatic N) is 2. The molecule has 0 spiro atoms. The Labute approximate surface area is 241 Å². The average Bonchev–Trinajstić information content (AvgIpc) is 2.98. The molecule has 6 rings (SSSR count). The van der Waals surface area contributed by atoms with Crippen molar-refractivity contribution in [2.75, 3.05) is 44.6 Å². The van der Waals surface area contributed by atoms with Crippen molar-refractivity contribution < 1.29 is 27.8 Å². The van der Waals surface area contributed by atoms with Crippen LogP contribution in [-0.4, -0.2) is 40.3 Å². The molecule has 0 aliphatic carbocycles. The highest BCUT2D eigenvalue weighted by Crippen LogP contribution is 2.42. The fraction of sp³-hybridized carbons (Fsp3) is 0.290. The summed E-state index contributed by atoms with van der Waals surface area (Å²) in [6.07, 6.45) is 3.96. The highest BCUT2D eigenvalue weighted by Gasteiger charge is 2.27. The number of ether oxygens (including phenoxy) is 3. The van der Waals surface area contributed by atoms with Crippen LogP contribution in [-0.2, 0) is 12.8 Å². The molecule has 2 aliphatic rings. The molecule has 0 bridgehead atoms. The number of methoxy groups -OCH3 is 3. The normalized spacial score (nSPS) is 14.6. The monoisotopic (exact) mass is 577 g/mol. The van der Waals surface area contributed by atoms with E-state index >= 15 is 0 Å². The van der Waals surface area contributed by atoms with Gasteiger partial charge in [-0.15, -0.1) is 0 Å². The van der Waals surface area contributed by atoms with E-state index < -0.39 is 11.7 Å². The van der Waals surface area contributed by atoms with Crippen LogP contribution in [0, 0.1) is 5.82 Å². The smallest absolute Gasteiger partial charge is 0.261 e. The van der Waals surface area contributed by atoms with E-state index in [4.69, 9.17) is 35.2 Å². The lowest BCUT2D eigenvalue weighted by Gasteiger charge is -2.37. The third-order valence-electron chi connectivity index (χ3n) is 7.53. The Morgan fingerprint density at radius 1 is 1.00 bits per heavy atom. The zero-order valence-electron chi connectivity index (χ0n) is 23.0. The van der Waals surface area contributed by atoms with E-state index in [0.29, 0.717) is 34.2 Å². The van der Waals surface area contributed by atoms with Gasteiger partial charge in [0.1, 0.15) is 17.0 Å². The van der Waals surface area contributed by atoms with Gasteiger partial charge in [-0.25, -0.2) is 9.38 Å². The van der Waals surface area contributed by atoms with Crippen LogP contribution in [0.1, 0.15) is 34.3 Å². The first-order valence-corrected chi connectivity index (χ1v) is 13.8. The van der Waals surface area contributed by atoms with Crippen molar-refractivity contribution in [3.8, 4) is 17.2 Å². The van der Waals surface area contributed by atoms with Gasteiger partial charge in [0, 0.05) is 47.5 Å². The van der Waals surface area contributed by atoms with Gasteiger partial charge in [-0.1, -0.05) is 11.6 Å². The van der Waals surface area contributed by atoms with Gasteiger partial charge in [-0.2, -0.15) is 0 Å². The molecule has 0 radical (unpaired) electrons. The van der Waals surface area contributed by atoms with Gasteiger partial charge < -0.3 is 28.8 Å². The fourth-order valence-corrected chi connectivity index (χ4v) is 5.90. The molecule has 0 saturated carbocycles. The molecule has 0 unspecified atom stereocenters. The highest BCUT2D eigenvalue weighted by molar-refractivity contribution is 6.31. The van der Waals surface area contributed by atoms with Crippen molar-refractivity contribution in [1.82, 2.24) is 0 Å². The summed E-state index contributed by atoms with van der Waals surface area (Å²) in [6, 6.07) is 11.3. The number of rotatable bonds is 6. The summed E-state index contributed by atoms with van der Waals surface area (Å²) in [4.78, 5) is 20.9. The Morgan fingerprint density at radius 3 is 2.41 bits per heavy atom. The van der Waals surface area contributed by atoms with Crippen LogP contribution in [0.2, 0.25) is 5.02 Å². The Hall–Kier alpha value is -4.24. The standard InChI is InChI=1S/C31H29ClFN3O5/c1-38-25-15-20(16-26(39-2)29(25)40-3)35-31-22(30(37)34-19-8-9-24(33)23(32)14-19)13-18-12-17-6-4-10-36-11-5-7-21(27(17)36)28(18)41-31/h8-9,12-16H,4-7,10-11H2,1-3H3,(H,34,37). The first kappa shape index (κ1) is 27.0. The van der Waals surface area contributed by atoms with Crippen LogP contribution in [0.25, 0.3) is 11.0 Å². The van der Waals surface area contributed by atoms with E-state index in [1.165, 1.54) is 50.8 Å². The van der Waals surface area contributed by atoms with E-state index in [1.54, 1.807) is 18.2 Å². The quantitative estimate of drug-likeness (QED) is 0.284. The van der Waals surface area contributed by atoms with Crippen LogP contribution < -0.4 is 30.0 Å². The number of benzene rings is 3. The topological polar surface area (TPSA) is 85.5 Å². The number of amides is 1. The first-order valence-electron chi connectivity index (χ1n) is 13.4. The molecule has 10 heteroatoms. The predicted octanol–water partition coefficient (Wildman–Crippen LogP) is 6.43. The minimum atomic E-state index is -0.573. The molecule has 1 amide bonds. The van der Waals surface area contributed by atoms with Crippen molar-refractivity contribution in [1.29, 1.82) is 0 Å². The van der Waals surface area contributed by atoms with Crippen molar-refractivity contribution in [3.63, 3.8) is 0 Å². The molecule has 212 valence electrons. The molecule has 0 fully saturated rings.